The van der Waals surface area contributed by atoms with Crippen LogP contribution in [-0.2, 0) is 9.68 Å². The number of rotatable bonds is 5. The Labute approximate surface area is 114 Å². The van der Waals surface area contributed by atoms with Gasteiger partial charge >= 0.3 is 18.3 Å². The van der Waals surface area contributed by atoms with Crippen LogP contribution in [0.2, 0.25) is 0 Å². The molecule has 4 nitrogen and oxygen atoms in total. The van der Waals surface area contributed by atoms with Gasteiger partial charge in [0.1, 0.15) is 0 Å². The molecule has 1 aromatic carbocycles. The number of hydrogen-bond acceptors (Lipinski definition) is 3. The summed E-state index contributed by atoms with van der Waals surface area (Å²) in [6.45, 7) is -3.94. The minimum atomic E-state index is -4.84. The SMILES string of the molecule is O=C(c1ccccc1)N(OCC(F)(F)F)OCC(F)(F)F. The summed E-state index contributed by atoms with van der Waals surface area (Å²) in [5.41, 5.74) is -0.193. The molecule has 10 heteroatoms. The Morgan fingerprint density at radius 2 is 1.33 bits per heavy atom. The van der Waals surface area contributed by atoms with Crippen molar-refractivity contribution in [3.8, 4) is 0 Å². The molecule has 1 aromatic rings. The number of carbonyl (C=O) groups excluding carboxylic acids is 1. The Kier molecular flexibility index (Phi) is 5.55. The normalized spacial score (nSPS) is 12.3. The summed E-state index contributed by atoms with van der Waals surface area (Å²) in [5.74, 6) is -1.29. The second-order valence-electron chi connectivity index (χ2n) is 3.71. The largest absolute Gasteiger partial charge is 0.414 e. The van der Waals surface area contributed by atoms with Crippen molar-refractivity contribution in [3.63, 3.8) is 0 Å². The van der Waals surface area contributed by atoms with E-state index >= 15 is 0 Å². The van der Waals surface area contributed by atoms with Gasteiger partial charge in [0.2, 0.25) is 0 Å². The number of hydroxylamine groups is 2. The van der Waals surface area contributed by atoms with Crippen molar-refractivity contribution >= 4 is 5.91 Å². The van der Waals surface area contributed by atoms with Crippen LogP contribution in [0.15, 0.2) is 30.3 Å². The molecule has 0 saturated carbocycles. The molecule has 0 saturated heterocycles. The summed E-state index contributed by atoms with van der Waals surface area (Å²) < 4.78 is 72.1. The number of hydrogen-bond donors (Lipinski definition) is 0. The van der Waals surface area contributed by atoms with E-state index < -0.39 is 36.7 Å². The second kappa shape index (κ2) is 6.76. The van der Waals surface area contributed by atoms with E-state index in [2.05, 4.69) is 9.68 Å². The van der Waals surface area contributed by atoms with E-state index in [0.29, 0.717) is 0 Å². The second-order valence-corrected chi connectivity index (χ2v) is 3.71. The van der Waals surface area contributed by atoms with Crippen molar-refractivity contribution in [1.82, 2.24) is 5.23 Å². The summed E-state index contributed by atoms with van der Waals surface area (Å²) in [6.07, 6.45) is -9.67. The van der Waals surface area contributed by atoms with Crippen LogP contribution in [0.25, 0.3) is 0 Å². The standard InChI is InChI=1S/C11H9F6NO3/c12-10(13,14)6-20-18(21-7-11(15,16)17)9(19)8-4-2-1-3-5-8/h1-5H,6-7H2. The quantitative estimate of drug-likeness (QED) is 0.619. The molecule has 0 radical (unpaired) electrons. The first-order chi connectivity index (χ1) is 9.58. The Morgan fingerprint density at radius 3 is 1.71 bits per heavy atom. The molecule has 0 bridgehead atoms. The van der Waals surface area contributed by atoms with Crippen LogP contribution in [0.4, 0.5) is 26.3 Å². The first-order valence-corrected chi connectivity index (χ1v) is 5.37. The molecule has 0 atom stereocenters. The highest BCUT2D eigenvalue weighted by Crippen LogP contribution is 2.19. The van der Waals surface area contributed by atoms with E-state index in [1.165, 1.54) is 30.3 Å². The smallest absolute Gasteiger partial charge is 0.264 e. The number of amides is 1. The third kappa shape index (κ3) is 6.95. The van der Waals surface area contributed by atoms with Crippen molar-refractivity contribution < 1.29 is 40.8 Å². The molecule has 0 aliphatic carbocycles. The van der Waals surface area contributed by atoms with Crippen LogP contribution < -0.4 is 0 Å². The molecule has 0 aliphatic rings. The predicted molar refractivity (Wildman–Crippen MR) is 56.6 cm³/mol. The van der Waals surface area contributed by atoms with E-state index in [1.54, 1.807) is 0 Å². The van der Waals surface area contributed by atoms with Crippen molar-refractivity contribution in [2.45, 2.75) is 12.4 Å². The average molecular weight is 317 g/mol. The molecule has 21 heavy (non-hydrogen) atoms. The van der Waals surface area contributed by atoms with E-state index in [1.807, 2.05) is 0 Å². The van der Waals surface area contributed by atoms with Crippen molar-refractivity contribution in [2.24, 2.45) is 0 Å². The molecular formula is C11H9F6NO3. The Balaban J connectivity index is 2.78. The van der Waals surface area contributed by atoms with E-state index in [9.17, 15) is 31.1 Å². The first kappa shape index (κ1) is 17.2. The first-order valence-electron chi connectivity index (χ1n) is 5.37. The van der Waals surface area contributed by atoms with Gasteiger partial charge in [-0.15, -0.1) is 0 Å². The molecule has 0 aromatic heterocycles. The fourth-order valence-corrected chi connectivity index (χ4v) is 1.10. The highest BCUT2D eigenvalue weighted by Gasteiger charge is 2.34. The fraction of sp³-hybridized carbons (Fsp3) is 0.364. The van der Waals surface area contributed by atoms with Crippen LogP contribution in [0.5, 0.6) is 0 Å². The highest BCUT2D eigenvalue weighted by atomic mass is 19.4. The van der Waals surface area contributed by atoms with Crippen LogP contribution in [0.3, 0.4) is 0 Å². The lowest BCUT2D eigenvalue weighted by Gasteiger charge is -2.22. The minimum absolute atomic E-state index is 0.193. The minimum Gasteiger partial charge on any atom is -0.264 e. The topological polar surface area (TPSA) is 38.8 Å². The zero-order chi connectivity index (χ0) is 16.1. The zero-order valence-electron chi connectivity index (χ0n) is 10.2. The van der Waals surface area contributed by atoms with Gasteiger partial charge in [0.05, 0.1) is 0 Å². The molecule has 1 rings (SSSR count). The summed E-state index contributed by atoms with van der Waals surface area (Å²) >= 11 is 0. The number of benzene rings is 1. The van der Waals surface area contributed by atoms with Gasteiger partial charge < -0.3 is 0 Å². The van der Waals surface area contributed by atoms with Crippen molar-refractivity contribution in [1.29, 1.82) is 0 Å². The molecule has 118 valence electrons. The third-order valence-electron chi connectivity index (χ3n) is 1.88. The van der Waals surface area contributed by atoms with Crippen molar-refractivity contribution in [2.75, 3.05) is 13.2 Å². The lowest BCUT2D eigenvalue weighted by atomic mass is 10.2. The monoisotopic (exact) mass is 317 g/mol. The fourth-order valence-electron chi connectivity index (χ4n) is 1.10. The number of alkyl halides is 6. The van der Waals surface area contributed by atoms with Crippen LogP contribution >= 0.6 is 0 Å². The zero-order valence-corrected chi connectivity index (χ0v) is 10.2. The number of halogens is 6. The van der Waals surface area contributed by atoms with Crippen LogP contribution in [0.1, 0.15) is 10.4 Å². The van der Waals surface area contributed by atoms with Crippen molar-refractivity contribution in [3.05, 3.63) is 35.9 Å². The van der Waals surface area contributed by atoms with Gasteiger partial charge in [0, 0.05) is 5.56 Å². The Hall–Kier alpha value is -1.81. The highest BCUT2D eigenvalue weighted by molar-refractivity contribution is 5.92. The van der Waals surface area contributed by atoms with E-state index in [-0.39, 0.29) is 5.56 Å². The van der Waals surface area contributed by atoms with Gasteiger partial charge in [0.25, 0.3) is 0 Å². The maximum atomic E-state index is 12.0. The lowest BCUT2D eigenvalue weighted by Crippen LogP contribution is -2.37. The predicted octanol–water partition coefficient (Wildman–Crippen LogP) is 3.12. The Bertz CT molecular complexity index is 441. The molecule has 0 unspecified atom stereocenters. The number of carbonyl (C=O) groups is 1. The summed E-state index contributed by atoms with van der Waals surface area (Å²) in [4.78, 5) is 19.6. The molecule has 0 N–H and O–H groups in total. The average Bonchev–Trinajstić information content (AvgIpc) is 2.36. The Morgan fingerprint density at radius 1 is 0.905 bits per heavy atom. The summed E-state index contributed by atoms with van der Waals surface area (Å²) in [7, 11) is 0. The summed E-state index contributed by atoms with van der Waals surface area (Å²) in [6, 6.07) is 6.62. The summed E-state index contributed by atoms with van der Waals surface area (Å²) in [5, 5.41) is -0.420. The molecule has 0 aliphatic heterocycles. The molecule has 0 spiro atoms. The molecular weight excluding hydrogens is 308 g/mol. The van der Waals surface area contributed by atoms with Gasteiger partial charge in [-0.2, -0.15) is 26.3 Å². The van der Waals surface area contributed by atoms with Gasteiger partial charge in [-0.1, -0.05) is 23.4 Å². The maximum Gasteiger partial charge on any atom is 0.414 e. The van der Waals surface area contributed by atoms with Gasteiger partial charge in [0.15, 0.2) is 13.2 Å². The molecule has 1 amide bonds. The van der Waals surface area contributed by atoms with Crippen LogP contribution in [0, 0.1) is 0 Å². The number of nitrogens with zero attached hydrogens (tertiary/aromatic N) is 1. The molecule has 0 heterocycles. The van der Waals surface area contributed by atoms with Gasteiger partial charge in [-0.05, 0) is 12.1 Å². The third-order valence-corrected chi connectivity index (χ3v) is 1.88. The van der Waals surface area contributed by atoms with E-state index in [4.69, 9.17) is 0 Å². The van der Waals surface area contributed by atoms with Gasteiger partial charge in [-0.25, -0.2) is 9.68 Å². The molecule has 0 fully saturated rings. The lowest BCUT2D eigenvalue weighted by molar-refractivity contribution is -0.376. The van der Waals surface area contributed by atoms with Gasteiger partial charge in [-0.3, -0.25) is 4.79 Å². The van der Waals surface area contributed by atoms with Crippen LogP contribution in [-0.4, -0.2) is 36.7 Å². The maximum absolute atomic E-state index is 12.0. The van der Waals surface area contributed by atoms with E-state index in [0.717, 1.165) is 0 Å².